The predicted octanol–water partition coefficient (Wildman–Crippen LogP) is 3.62. The maximum Gasteiger partial charge on any atom is 0.416 e. The van der Waals surface area contributed by atoms with Gasteiger partial charge in [0.25, 0.3) is 5.89 Å². The van der Waals surface area contributed by atoms with Crippen LogP contribution in [0.5, 0.6) is 0 Å². The molecule has 8 nitrogen and oxygen atoms in total. The van der Waals surface area contributed by atoms with Crippen LogP contribution >= 0.6 is 11.6 Å². The van der Waals surface area contributed by atoms with Crippen LogP contribution in [-0.2, 0) is 31.1 Å². The van der Waals surface area contributed by atoms with Gasteiger partial charge in [-0.3, -0.25) is 4.79 Å². The van der Waals surface area contributed by atoms with Crippen LogP contribution in [0.3, 0.4) is 0 Å². The number of esters is 1. The van der Waals surface area contributed by atoms with Crippen LogP contribution in [0.25, 0.3) is 0 Å². The van der Waals surface area contributed by atoms with Gasteiger partial charge in [-0.1, -0.05) is 37.5 Å². The third-order valence-electron chi connectivity index (χ3n) is 3.72. The van der Waals surface area contributed by atoms with Gasteiger partial charge in [0.15, 0.2) is 11.9 Å². The molecular formula is C17H19ClF3N3O5S. The molecule has 2 aromatic rings. The molecule has 1 aromatic heterocycles. The van der Waals surface area contributed by atoms with E-state index < -0.39 is 55.7 Å². The lowest BCUT2D eigenvalue weighted by molar-refractivity contribution is -0.148. The Kier molecular flexibility index (Phi) is 6.84. The van der Waals surface area contributed by atoms with E-state index in [4.69, 9.17) is 20.9 Å². The molecule has 1 atom stereocenters. The number of hydrogen-bond donors (Lipinski definition) is 1. The van der Waals surface area contributed by atoms with E-state index in [1.165, 1.54) is 6.92 Å². The molecule has 0 spiro atoms. The Balaban J connectivity index is 2.06. The number of rotatable bonds is 6. The molecule has 30 heavy (non-hydrogen) atoms. The first kappa shape index (κ1) is 24.1. The van der Waals surface area contributed by atoms with Crippen molar-refractivity contribution in [3.63, 3.8) is 0 Å². The monoisotopic (exact) mass is 469 g/mol. The molecule has 1 N–H and O–H groups in total. The van der Waals surface area contributed by atoms with Gasteiger partial charge in [0.2, 0.25) is 10.0 Å². The van der Waals surface area contributed by atoms with Gasteiger partial charge >= 0.3 is 12.1 Å². The molecule has 0 aliphatic rings. The first-order chi connectivity index (χ1) is 13.6. The summed E-state index contributed by atoms with van der Waals surface area (Å²) in [4.78, 5) is 15.3. The predicted molar refractivity (Wildman–Crippen MR) is 99.1 cm³/mol. The number of carbonyl (C=O) groups is 1. The van der Waals surface area contributed by atoms with Crippen molar-refractivity contribution in [3.8, 4) is 0 Å². The van der Waals surface area contributed by atoms with Crippen LogP contribution < -0.4 is 4.72 Å². The maximum atomic E-state index is 12.8. The summed E-state index contributed by atoms with van der Waals surface area (Å²) in [7, 11) is -4.52. The molecule has 1 aromatic carbocycles. The Hall–Kier alpha value is -2.18. The van der Waals surface area contributed by atoms with E-state index in [1.54, 1.807) is 0 Å². The number of halogens is 4. The van der Waals surface area contributed by atoms with Gasteiger partial charge in [0, 0.05) is 5.41 Å². The van der Waals surface area contributed by atoms with E-state index in [9.17, 15) is 26.4 Å². The van der Waals surface area contributed by atoms with Crippen LogP contribution in [-0.4, -0.2) is 31.1 Å². The highest BCUT2D eigenvalue weighted by atomic mass is 35.5. The average Bonchev–Trinajstić information content (AvgIpc) is 3.10. The molecule has 13 heteroatoms. The number of alkyl halides is 3. The summed E-state index contributed by atoms with van der Waals surface area (Å²) < 4.78 is 75.0. The van der Waals surface area contributed by atoms with E-state index in [-0.39, 0.29) is 5.89 Å². The Morgan fingerprint density at radius 3 is 2.47 bits per heavy atom. The molecule has 1 unspecified atom stereocenters. The molecule has 0 fully saturated rings. The molecule has 2 rings (SSSR count). The topological polar surface area (TPSA) is 111 Å². The number of benzene rings is 1. The van der Waals surface area contributed by atoms with E-state index in [0.717, 1.165) is 6.07 Å². The zero-order valence-corrected chi connectivity index (χ0v) is 17.9. The van der Waals surface area contributed by atoms with Gasteiger partial charge in [0.05, 0.1) is 10.6 Å². The van der Waals surface area contributed by atoms with Crippen LogP contribution in [0.1, 0.15) is 51.1 Å². The van der Waals surface area contributed by atoms with Gasteiger partial charge in [0.1, 0.15) is 11.4 Å². The lowest BCUT2D eigenvalue weighted by Gasteiger charge is -2.13. The van der Waals surface area contributed by atoms with Crippen molar-refractivity contribution in [1.29, 1.82) is 0 Å². The van der Waals surface area contributed by atoms with Crippen molar-refractivity contribution in [2.75, 3.05) is 6.54 Å². The van der Waals surface area contributed by atoms with E-state index in [2.05, 4.69) is 10.1 Å². The number of ether oxygens (including phenoxy) is 1. The van der Waals surface area contributed by atoms with Crippen molar-refractivity contribution >= 4 is 27.6 Å². The minimum absolute atomic E-state index is 0.0112. The summed E-state index contributed by atoms with van der Waals surface area (Å²) in [5, 5.41) is 3.35. The highest BCUT2D eigenvalue weighted by molar-refractivity contribution is 7.89. The fourth-order valence-electron chi connectivity index (χ4n) is 2.11. The van der Waals surface area contributed by atoms with E-state index in [1.807, 2.05) is 25.5 Å². The minimum atomic E-state index is -4.76. The summed E-state index contributed by atoms with van der Waals surface area (Å²) in [6.45, 7) is 6.15. The van der Waals surface area contributed by atoms with Gasteiger partial charge < -0.3 is 9.26 Å². The Morgan fingerprint density at radius 1 is 1.30 bits per heavy atom. The van der Waals surface area contributed by atoms with Crippen molar-refractivity contribution < 1.29 is 35.6 Å². The molecule has 0 aliphatic heterocycles. The van der Waals surface area contributed by atoms with Crippen LogP contribution in [0.4, 0.5) is 13.2 Å². The molecule has 0 saturated carbocycles. The second-order valence-electron chi connectivity index (χ2n) is 7.31. The Labute approximate surface area is 175 Å². The van der Waals surface area contributed by atoms with Gasteiger partial charge in [-0.05, 0) is 25.1 Å². The number of carbonyl (C=O) groups excluding carboxylic acids is 1. The third-order valence-corrected chi connectivity index (χ3v) is 5.61. The molecule has 0 amide bonds. The lowest BCUT2D eigenvalue weighted by Crippen LogP contribution is -2.31. The van der Waals surface area contributed by atoms with Crippen molar-refractivity contribution in [2.24, 2.45) is 0 Å². The van der Waals surface area contributed by atoms with Crippen molar-refractivity contribution in [2.45, 2.75) is 50.3 Å². The quantitative estimate of drug-likeness (QED) is 0.643. The summed E-state index contributed by atoms with van der Waals surface area (Å²) >= 11 is 5.72. The summed E-state index contributed by atoms with van der Waals surface area (Å²) in [6, 6.07) is 1.83. The van der Waals surface area contributed by atoms with Crippen LogP contribution in [0.2, 0.25) is 5.02 Å². The minimum Gasteiger partial charge on any atom is -0.452 e. The molecule has 0 bridgehead atoms. The summed E-state index contributed by atoms with van der Waals surface area (Å²) in [5.41, 5.74) is -1.60. The van der Waals surface area contributed by atoms with Crippen molar-refractivity contribution in [1.82, 2.24) is 14.9 Å². The normalized spacial score (nSPS) is 13.9. The highest BCUT2D eigenvalue weighted by Gasteiger charge is 2.33. The SMILES string of the molecule is CC(OC(=O)CNS(=O)(=O)c1cc(C(F)(F)F)ccc1Cl)c1nc(C(C)(C)C)no1. The summed E-state index contributed by atoms with van der Waals surface area (Å²) in [6.07, 6.45) is -5.73. The largest absolute Gasteiger partial charge is 0.452 e. The fourth-order valence-corrected chi connectivity index (χ4v) is 3.60. The van der Waals surface area contributed by atoms with E-state index in [0.29, 0.717) is 18.0 Å². The molecular weight excluding hydrogens is 451 g/mol. The maximum absolute atomic E-state index is 12.8. The second-order valence-corrected chi connectivity index (χ2v) is 9.45. The Morgan fingerprint density at radius 2 is 1.93 bits per heavy atom. The number of nitrogens with one attached hydrogen (secondary N) is 1. The average molecular weight is 470 g/mol. The van der Waals surface area contributed by atoms with Gasteiger partial charge in [-0.15, -0.1) is 0 Å². The second kappa shape index (κ2) is 8.52. The van der Waals surface area contributed by atoms with E-state index >= 15 is 0 Å². The van der Waals surface area contributed by atoms with Gasteiger partial charge in [-0.2, -0.15) is 22.9 Å². The Bertz CT molecular complexity index is 1030. The standard InChI is InChI=1S/C17H19ClF3N3O5S/c1-9(14-23-15(24-29-14)16(2,3)4)28-13(25)8-22-30(26,27)12-7-10(17(19,20)21)5-6-11(12)18/h5-7,9,22H,8H2,1-4H3. The van der Waals surface area contributed by atoms with Gasteiger partial charge in [-0.25, -0.2) is 8.42 Å². The first-order valence-corrected chi connectivity index (χ1v) is 10.4. The van der Waals surface area contributed by atoms with Crippen LogP contribution in [0.15, 0.2) is 27.6 Å². The van der Waals surface area contributed by atoms with Crippen LogP contribution in [0, 0.1) is 0 Å². The molecule has 0 aliphatic carbocycles. The van der Waals surface area contributed by atoms with Crippen molar-refractivity contribution in [3.05, 3.63) is 40.5 Å². The number of sulfonamides is 1. The molecule has 166 valence electrons. The zero-order valence-electron chi connectivity index (χ0n) is 16.4. The smallest absolute Gasteiger partial charge is 0.416 e. The molecule has 0 saturated heterocycles. The molecule has 1 heterocycles. The number of nitrogens with zero attached hydrogens (tertiary/aromatic N) is 2. The fraction of sp³-hybridized carbons (Fsp3) is 0.471. The number of aromatic nitrogens is 2. The first-order valence-electron chi connectivity index (χ1n) is 8.51. The lowest BCUT2D eigenvalue weighted by atomic mass is 9.96. The highest BCUT2D eigenvalue weighted by Crippen LogP contribution is 2.33. The number of hydrogen-bond acceptors (Lipinski definition) is 7. The summed E-state index contributed by atoms with van der Waals surface area (Å²) in [5.74, 6) is -0.609. The zero-order chi connectivity index (χ0) is 22.9. The third kappa shape index (κ3) is 5.92. The molecule has 0 radical (unpaired) electrons.